The molecule has 0 heterocycles. The molecular weight excluding hydrogens is 243 g/mol. The van der Waals surface area contributed by atoms with Gasteiger partial charge < -0.3 is 5.73 Å². The summed E-state index contributed by atoms with van der Waals surface area (Å²) in [6.45, 7) is 5.74. The maximum Gasteiger partial charge on any atom is 0.416 e. The molecule has 0 saturated heterocycles. The van der Waals surface area contributed by atoms with Gasteiger partial charge in [0.1, 0.15) is 0 Å². The van der Waals surface area contributed by atoms with E-state index in [0.717, 1.165) is 12.1 Å². The standard InChI is InChI=1S/C11H12F3NO.C2H6/c1-7(6-10(15)16)8-2-4-9(5-3-8)11(12,13)14;1-2/h2-5,7H,6H2,1H3,(H2,15,16);1-2H3. The van der Waals surface area contributed by atoms with Crippen LogP contribution in [0.2, 0.25) is 0 Å². The Balaban J connectivity index is 0.00000137. The van der Waals surface area contributed by atoms with Gasteiger partial charge in [-0.15, -0.1) is 0 Å². The minimum atomic E-state index is -4.33. The van der Waals surface area contributed by atoms with E-state index in [1.54, 1.807) is 6.92 Å². The quantitative estimate of drug-likeness (QED) is 0.885. The molecule has 0 aromatic heterocycles. The van der Waals surface area contributed by atoms with E-state index in [0.29, 0.717) is 5.56 Å². The van der Waals surface area contributed by atoms with Gasteiger partial charge in [0, 0.05) is 6.42 Å². The van der Waals surface area contributed by atoms with Crippen LogP contribution in [-0.2, 0) is 11.0 Å². The molecule has 0 radical (unpaired) electrons. The molecule has 1 rings (SSSR count). The van der Waals surface area contributed by atoms with Crippen molar-refractivity contribution in [2.75, 3.05) is 0 Å². The summed E-state index contributed by atoms with van der Waals surface area (Å²) in [5, 5.41) is 0. The first-order chi connectivity index (χ1) is 8.30. The molecule has 102 valence electrons. The van der Waals surface area contributed by atoms with Crippen LogP contribution in [0.1, 0.15) is 44.2 Å². The summed E-state index contributed by atoms with van der Waals surface area (Å²) < 4.78 is 36.8. The highest BCUT2D eigenvalue weighted by Crippen LogP contribution is 2.30. The van der Waals surface area contributed by atoms with Gasteiger partial charge >= 0.3 is 6.18 Å². The Morgan fingerprint density at radius 2 is 1.67 bits per heavy atom. The topological polar surface area (TPSA) is 43.1 Å². The van der Waals surface area contributed by atoms with E-state index in [2.05, 4.69) is 0 Å². The highest BCUT2D eigenvalue weighted by molar-refractivity contribution is 5.74. The minimum Gasteiger partial charge on any atom is -0.370 e. The highest BCUT2D eigenvalue weighted by atomic mass is 19.4. The number of benzene rings is 1. The number of alkyl halides is 3. The first-order valence-electron chi connectivity index (χ1n) is 5.76. The summed E-state index contributed by atoms with van der Waals surface area (Å²) >= 11 is 0. The van der Waals surface area contributed by atoms with Gasteiger partial charge in [-0.05, 0) is 23.6 Å². The fourth-order valence-electron chi connectivity index (χ4n) is 1.42. The Kier molecular flexibility index (Phi) is 6.44. The van der Waals surface area contributed by atoms with Crippen LogP contribution in [0.25, 0.3) is 0 Å². The average molecular weight is 261 g/mol. The first-order valence-corrected chi connectivity index (χ1v) is 5.76. The van der Waals surface area contributed by atoms with Crippen molar-refractivity contribution in [3.05, 3.63) is 35.4 Å². The number of carbonyl (C=O) groups is 1. The Morgan fingerprint density at radius 3 is 2.00 bits per heavy atom. The normalized spacial score (nSPS) is 12.3. The predicted molar refractivity (Wildman–Crippen MR) is 65.0 cm³/mol. The number of carbonyl (C=O) groups excluding carboxylic acids is 1. The molecule has 1 unspecified atom stereocenters. The van der Waals surface area contributed by atoms with E-state index < -0.39 is 17.6 Å². The minimum absolute atomic E-state index is 0.130. The van der Waals surface area contributed by atoms with Crippen LogP contribution >= 0.6 is 0 Å². The van der Waals surface area contributed by atoms with Gasteiger partial charge in [0.2, 0.25) is 5.91 Å². The first kappa shape index (κ1) is 16.5. The Hall–Kier alpha value is -1.52. The summed E-state index contributed by atoms with van der Waals surface area (Å²) in [4.78, 5) is 10.7. The van der Waals surface area contributed by atoms with Crippen LogP contribution < -0.4 is 5.73 Å². The molecule has 0 fully saturated rings. The smallest absolute Gasteiger partial charge is 0.370 e. The third-order valence-electron chi connectivity index (χ3n) is 2.31. The van der Waals surface area contributed by atoms with Crippen LogP contribution in [0, 0.1) is 0 Å². The van der Waals surface area contributed by atoms with Gasteiger partial charge in [-0.25, -0.2) is 0 Å². The molecule has 1 aromatic carbocycles. The predicted octanol–water partition coefficient (Wildman–Crippen LogP) is 3.71. The summed E-state index contributed by atoms with van der Waals surface area (Å²) in [5.74, 6) is -0.632. The van der Waals surface area contributed by atoms with Gasteiger partial charge in [0.25, 0.3) is 0 Å². The van der Waals surface area contributed by atoms with Crippen molar-refractivity contribution in [2.24, 2.45) is 5.73 Å². The lowest BCUT2D eigenvalue weighted by Crippen LogP contribution is -2.14. The van der Waals surface area contributed by atoms with Crippen LogP contribution in [0.15, 0.2) is 24.3 Å². The molecule has 1 aromatic rings. The lowest BCUT2D eigenvalue weighted by molar-refractivity contribution is -0.137. The number of halogens is 3. The van der Waals surface area contributed by atoms with Crippen molar-refractivity contribution >= 4 is 5.91 Å². The van der Waals surface area contributed by atoms with E-state index in [4.69, 9.17) is 5.73 Å². The molecule has 0 bridgehead atoms. The average Bonchev–Trinajstić information content (AvgIpc) is 2.30. The van der Waals surface area contributed by atoms with Gasteiger partial charge in [-0.1, -0.05) is 32.9 Å². The monoisotopic (exact) mass is 261 g/mol. The molecule has 0 aliphatic carbocycles. The van der Waals surface area contributed by atoms with Crippen LogP contribution in [-0.4, -0.2) is 5.91 Å². The second-order valence-corrected chi connectivity index (χ2v) is 3.69. The maximum atomic E-state index is 12.3. The maximum absolute atomic E-state index is 12.3. The van der Waals surface area contributed by atoms with Crippen molar-refractivity contribution in [1.29, 1.82) is 0 Å². The lowest BCUT2D eigenvalue weighted by atomic mass is 9.96. The van der Waals surface area contributed by atoms with Crippen LogP contribution in [0.4, 0.5) is 13.2 Å². The lowest BCUT2D eigenvalue weighted by Gasteiger charge is -2.11. The molecule has 1 atom stereocenters. The SMILES string of the molecule is CC.CC(CC(N)=O)c1ccc(C(F)(F)F)cc1. The van der Waals surface area contributed by atoms with Crippen molar-refractivity contribution < 1.29 is 18.0 Å². The molecular formula is C13H18F3NO. The largest absolute Gasteiger partial charge is 0.416 e. The second-order valence-electron chi connectivity index (χ2n) is 3.69. The molecule has 0 aliphatic heterocycles. The molecule has 0 aliphatic rings. The molecule has 0 saturated carbocycles. The summed E-state index contributed by atoms with van der Waals surface area (Å²) in [7, 11) is 0. The van der Waals surface area contributed by atoms with Gasteiger partial charge in [-0.2, -0.15) is 13.2 Å². The zero-order valence-corrected chi connectivity index (χ0v) is 10.7. The molecule has 5 heteroatoms. The number of hydrogen-bond acceptors (Lipinski definition) is 1. The molecule has 0 spiro atoms. The van der Waals surface area contributed by atoms with E-state index in [-0.39, 0.29) is 12.3 Å². The summed E-state index contributed by atoms with van der Waals surface area (Å²) in [5.41, 5.74) is 4.99. The van der Waals surface area contributed by atoms with Gasteiger partial charge in [0.15, 0.2) is 0 Å². The van der Waals surface area contributed by atoms with Crippen molar-refractivity contribution in [3.63, 3.8) is 0 Å². The third-order valence-corrected chi connectivity index (χ3v) is 2.31. The van der Waals surface area contributed by atoms with Gasteiger partial charge in [0.05, 0.1) is 5.56 Å². The highest BCUT2D eigenvalue weighted by Gasteiger charge is 2.30. The number of primary amides is 1. The number of nitrogens with two attached hydrogens (primary N) is 1. The van der Waals surface area contributed by atoms with Crippen LogP contribution in [0.3, 0.4) is 0 Å². The third kappa shape index (κ3) is 5.21. The molecule has 2 N–H and O–H groups in total. The van der Waals surface area contributed by atoms with E-state index in [1.165, 1.54) is 12.1 Å². The number of rotatable bonds is 3. The number of amides is 1. The molecule has 2 nitrogen and oxygen atoms in total. The van der Waals surface area contributed by atoms with Crippen LogP contribution in [0.5, 0.6) is 0 Å². The van der Waals surface area contributed by atoms with Crippen molar-refractivity contribution in [1.82, 2.24) is 0 Å². The Bertz CT molecular complexity index is 371. The Labute approximate surface area is 105 Å². The molecule has 1 amide bonds. The number of hydrogen-bond donors (Lipinski definition) is 1. The summed E-state index contributed by atoms with van der Waals surface area (Å²) in [6, 6.07) is 4.76. The van der Waals surface area contributed by atoms with Crippen molar-refractivity contribution in [3.8, 4) is 0 Å². The zero-order valence-electron chi connectivity index (χ0n) is 10.7. The Morgan fingerprint density at radius 1 is 1.22 bits per heavy atom. The summed E-state index contributed by atoms with van der Waals surface area (Å²) in [6.07, 6.45) is -4.20. The van der Waals surface area contributed by atoms with Gasteiger partial charge in [-0.3, -0.25) is 4.79 Å². The second kappa shape index (κ2) is 7.03. The fourth-order valence-corrected chi connectivity index (χ4v) is 1.42. The molecule has 18 heavy (non-hydrogen) atoms. The van der Waals surface area contributed by atoms with Crippen molar-refractivity contribution in [2.45, 2.75) is 39.3 Å². The van der Waals surface area contributed by atoms with E-state index in [1.807, 2.05) is 13.8 Å². The van der Waals surface area contributed by atoms with E-state index >= 15 is 0 Å². The van der Waals surface area contributed by atoms with E-state index in [9.17, 15) is 18.0 Å². The zero-order chi connectivity index (χ0) is 14.3. The fraction of sp³-hybridized carbons (Fsp3) is 0.462.